The second-order valence-corrected chi connectivity index (χ2v) is 5.30. The maximum atomic E-state index is 4.04. The number of hydrogen-bond acceptors (Lipinski definition) is 6. The molecule has 0 aromatic carbocycles. The fourth-order valence-corrected chi connectivity index (χ4v) is 2.31. The van der Waals surface area contributed by atoms with Crippen LogP contribution in [0.5, 0.6) is 0 Å². The second kappa shape index (κ2) is 7.83. The van der Waals surface area contributed by atoms with E-state index in [1.54, 1.807) is 54.2 Å². The number of rotatable bonds is 0. The summed E-state index contributed by atoms with van der Waals surface area (Å²) in [5, 5.41) is 4.00. The first-order chi connectivity index (χ1) is 13.4. The molecule has 0 unspecified atom stereocenters. The van der Waals surface area contributed by atoms with Crippen molar-refractivity contribution in [1.82, 2.24) is 43.3 Å². The number of nitrogens with zero attached hydrogens (tertiary/aromatic N) is 9. The lowest BCUT2D eigenvalue weighted by molar-refractivity contribution is 0.936. The highest BCUT2D eigenvalue weighted by molar-refractivity contribution is 5.35. The molecule has 0 aliphatic heterocycles. The van der Waals surface area contributed by atoms with Crippen molar-refractivity contribution in [2.45, 2.75) is 0 Å². The maximum absolute atomic E-state index is 4.04. The predicted molar refractivity (Wildman–Crippen MR) is 99.0 cm³/mol. The topological polar surface area (TPSA) is 90.6 Å². The molecule has 0 aliphatic rings. The Morgan fingerprint density at radius 1 is 0.593 bits per heavy atom. The third kappa shape index (κ3) is 3.93. The smallest absolute Gasteiger partial charge is 0.155 e. The summed E-state index contributed by atoms with van der Waals surface area (Å²) in [6, 6.07) is 5.63. The van der Waals surface area contributed by atoms with Crippen LogP contribution in [0.15, 0.2) is 92.7 Å². The normalized spacial score (nSPS) is 10.2. The van der Waals surface area contributed by atoms with Gasteiger partial charge in [-0.15, -0.1) is 0 Å². The number of fused-ring (bicyclic) bond motifs is 3. The molecule has 0 saturated heterocycles. The summed E-state index contributed by atoms with van der Waals surface area (Å²) in [6.07, 6.45) is 21.3. The molecule has 9 nitrogen and oxygen atoms in total. The molecule has 9 heteroatoms. The zero-order valence-corrected chi connectivity index (χ0v) is 14.2. The SMILES string of the molecule is c1cc2nccn2cn1.c1cn2ccnc2cn1.c1cnn2ccnc2c1. The molecule has 0 N–H and O–H groups in total. The van der Waals surface area contributed by atoms with Crippen LogP contribution in [0.2, 0.25) is 0 Å². The summed E-state index contributed by atoms with van der Waals surface area (Å²) in [5.41, 5.74) is 2.71. The summed E-state index contributed by atoms with van der Waals surface area (Å²) >= 11 is 0. The van der Waals surface area contributed by atoms with Crippen molar-refractivity contribution in [3.05, 3.63) is 92.7 Å². The minimum atomic E-state index is 0.887. The van der Waals surface area contributed by atoms with E-state index < -0.39 is 0 Å². The van der Waals surface area contributed by atoms with Crippen molar-refractivity contribution in [3.63, 3.8) is 0 Å². The highest BCUT2D eigenvalue weighted by atomic mass is 15.2. The predicted octanol–water partition coefficient (Wildman–Crippen LogP) is 2.19. The highest BCUT2D eigenvalue weighted by Gasteiger charge is 1.88. The molecule has 0 radical (unpaired) electrons. The average Bonchev–Trinajstić information content (AvgIpc) is 3.48. The fraction of sp³-hybridized carbons (Fsp3) is 0. The van der Waals surface area contributed by atoms with Gasteiger partial charge in [0.25, 0.3) is 0 Å². The summed E-state index contributed by atoms with van der Waals surface area (Å²) < 4.78 is 5.49. The molecule has 0 aliphatic carbocycles. The van der Waals surface area contributed by atoms with Crippen LogP contribution < -0.4 is 0 Å². The van der Waals surface area contributed by atoms with Gasteiger partial charge in [0.15, 0.2) is 11.3 Å². The van der Waals surface area contributed by atoms with Crippen molar-refractivity contribution < 1.29 is 0 Å². The van der Waals surface area contributed by atoms with Gasteiger partial charge in [-0.05, 0) is 18.2 Å². The monoisotopic (exact) mass is 357 g/mol. The van der Waals surface area contributed by atoms with E-state index in [9.17, 15) is 0 Å². The Bertz CT molecular complexity index is 1000. The molecule has 0 bridgehead atoms. The largest absolute Gasteiger partial charge is 0.304 e. The van der Waals surface area contributed by atoms with Crippen LogP contribution in [0, 0.1) is 0 Å². The van der Waals surface area contributed by atoms with Crippen LogP contribution in [0.4, 0.5) is 0 Å². The molecular weight excluding hydrogens is 342 g/mol. The first kappa shape index (κ1) is 16.3. The molecule has 0 saturated carbocycles. The van der Waals surface area contributed by atoms with Gasteiger partial charge in [-0.1, -0.05) is 0 Å². The summed E-state index contributed by atoms with van der Waals surface area (Å²) in [4.78, 5) is 19.9. The van der Waals surface area contributed by atoms with Gasteiger partial charge in [0.05, 0.1) is 6.20 Å². The van der Waals surface area contributed by atoms with Crippen LogP contribution in [0.1, 0.15) is 0 Å². The Morgan fingerprint density at radius 2 is 1.37 bits per heavy atom. The lowest BCUT2D eigenvalue weighted by Gasteiger charge is -1.86. The van der Waals surface area contributed by atoms with Gasteiger partial charge >= 0.3 is 0 Å². The van der Waals surface area contributed by atoms with E-state index >= 15 is 0 Å². The molecule has 0 spiro atoms. The Labute approximate surface area is 153 Å². The Kier molecular flexibility index (Phi) is 4.74. The van der Waals surface area contributed by atoms with Crippen LogP contribution in [0.3, 0.4) is 0 Å². The molecule has 6 aromatic rings. The molecule has 6 aromatic heterocycles. The molecule has 6 rings (SSSR count). The van der Waals surface area contributed by atoms with Crippen molar-refractivity contribution in [2.24, 2.45) is 0 Å². The van der Waals surface area contributed by atoms with Gasteiger partial charge in [0.2, 0.25) is 0 Å². The van der Waals surface area contributed by atoms with Crippen molar-refractivity contribution >= 4 is 16.9 Å². The van der Waals surface area contributed by atoms with Crippen molar-refractivity contribution in [1.29, 1.82) is 0 Å². The van der Waals surface area contributed by atoms with E-state index in [2.05, 4.69) is 30.0 Å². The molecule has 6 heterocycles. The Morgan fingerprint density at radius 3 is 2.22 bits per heavy atom. The highest BCUT2D eigenvalue weighted by Crippen LogP contribution is 1.95. The zero-order valence-electron chi connectivity index (χ0n) is 14.2. The first-order valence-electron chi connectivity index (χ1n) is 8.10. The number of hydrogen-bond donors (Lipinski definition) is 0. The van der Waals surface area contributed by atoms with Gasteiger partial charge in [-0.3, -0.25) is 9.38 Å². The lowest BCUT2D eigenvalue weighted by Crippen LogP contribution is -1.85. The quantitative estimate of drug-likeness (QED) is 0.414. The van der Waals surface area contributed by atoms with E-state index in [0.717, 1.165) is 16.9 Å². The van der Waals surface area contributed by atoms with E-state index in [1.165, 1.54) is 0 Å². The first-order valence-corrected chi connectivity index (χ1v) is 8.10. The van der Waals surface area contributed by atoms with Crippen LogP contribution in [0.25, 0.3) is 16.9 Å². The molecular formula is C18H15N9. The maximum Gasteiger partial charge on any atom is 0.155 e. The third-order valence-electron chi connectivity index (χ3n) is 3.57. The van der Waals surface area contributed by atoms with Gasteiger partial charge in [0, 0.05) is 62.0 Å². The van der Waals surface area contributed by atoms with Crippen LogP contribution in [-0.2, 0) is 0 Å². The van der Waals surface area contributed by atoms with Crippen LogP contribution in [-0.4, -0.2) is 43.3 Å². The van der Waals surface area contributed by atoms with E-state index in [4.69, 9.17) is 0 Å². The minimum absolute atomic E-state index is 0.887. The molecule has 27 heavy (non-hydrogen) atoms. The van der Waals surface area contributed by atoms with Crippen molar-refractivity contribution in [2.75, 3.05) is 0 Å². The standard InChI is InChI=1S/3C6H5N3/c1-3-9-4-2-8-6(9)5-7-1;1-2-7-5-9-4-3-8-6(1)9;1-2-6-7-4-5-9(6)8-3-1/h3*1-5H. The summed E-state index contributed by atoms with van der Waals surface area (Å²) in [5.74, 6) is 0. The number of imidazole rings is 3. The third-order valence-corrected chi connectivity index (χ3v) is 3.57. The summed E-state index contributed by atoms with van der Waals surface area (Å²) in [6.45, 7) is 0. The van der Waals surface area contributed by atoms with E-state index in [0.29, 0.717) is 0 Å². The molecule has 0 amide bonds. The second-order valence-electron chi connectivity index (χ2n) is 5.30. The average molecular weight is 357 g/mol. The van der Waals surface area contributed by atoms with Gasteiger partial charge in [-0.2, -0.15) is 5.10 Å². The molecule has 132 valence electrons. The number of aromatic nitrogens is 9. The van der Waals surface area contributed by atoms with Gasteiger partial charge < -0.3 is 4.40 Å². The molecule has 0 atom stereocenters. The lowest BCUT2D eigenvalue weighted by atomic mass is 10.6. The Balaban J connectivity index is 0.0000001000. The fourth-order valence-electron chi connectivity index (χ4n) is 2.31. The summed E-state index contributed by atoms with van der Waals surface area (Å²) in [7, 11) is 0. The Hall–Kier alpha value is -4.14. The van der Waals surface area contributed by atoms with Gasteiger partial charge in [0.1, 0.15) is 12.0 Å². The van der Waals surface area contributed by atoms with Gasteiger partial charge in [-0.25, -0.2) is 24.5 Å². The minimum Gasteiger partial charge on any atom is -0.304 e. The zero-order chi connectivity index (χ0) is 18.3. The van der Waals surface area contributed by atoms with E-state index in [1.807, 2.05) is 51.8 Å². The van der Waals surface area contributed by atoms with Crippen LogP contribution >= 0.6 is 0 Å². The van der Waals surface area contributed by atoms with Crippen molar-refractivity contribution in [3.8, 4) is 0 Å². The molecule has 0 fully saturated rings. The van der Waals surface area contributed by atoms with E-state index in [-0.39, 0.29) is 0 Å².